The van der Waals surface area contributed by atoms with Crippen molar-refractivity contribution >= 4 is 22.6 Å². The first-order valence-corrected chi connectivity index (χ1v) is 8.33. The van der Waals surface area contributed by atoms with Crippen molar-refractivity contribution in [2.45, 2.75) is 6.18 Å². The predicted molar refractivity (Wildman–Crippen MR) is 97.6 cm³/mol. The van der Waals surface area contributed by atoms with Crippen molar-refractivity contribution in [2.75, 3.05) is 12.4 Å². The third kappa shape index (κ3) is 3.47. The molecule has 0 aliphatic heterocycles. The molecule has 154 valence electrons. The summed E-state index contributed by atoms with van der Waals surface area (Å²) in [6.45, 7) is 0. The molecule has 0 fully saturated rings. The molecule has 0 spiro atoms. The van der Waals surface area contributed by atoms with E-state index in [1.807, 2.05) is 0 Å². The molecule has 0 aliphatic carbocycles. The van der Waals surface area contributed by atoms with Gasteiger partial charge in [0.15, 0.2) is 11.5 Å². The lowest BCUT2D eigenvalue weighted by atomic mass is 10.2. The number of ether oxygens (including phenoxy) is 1. The molecule has 0 saturated heterocycles. The van der Waals surface area contributed by atoms with Crippen molar-refractivity contribution in [2.24, 2.45) is 0 Å². The Kier molecular flexibility index (Phi) is 4.49. The number of nitrogens with zero attached hydrogens (tertiary/aromatic N) is 4. The molecule has 0 aliphatic rings. The van der Waals surface area contributed by atoms with E-state index in [2.05, 4.69) is 30.6 Å². The monoisotopic (exact) mass is 419 g/mol. The van der Waals surface area contributed by atoms with Crippen LogP contribution in [-0.2, 0) is 6.18 Å². The normalized spacial score (nSPS) is 11.6. The maximum absolute atomic E-state index is 13.7. The third-order valence-electron chi connectivity index (χ3n) is 4.11. The molecule has 13 heteroatoms. The Labute approximate surface area is 164 Å². The second-order valence-electron chi connectivity index (χ2n) is 6.04. The second kappa shape index (κ2) is 7.02. The molecule has 3 aromatic heterocycles. The van der Waals surface area contributed by atoms with Gasteiger partial charge < -0.3 is 20.0 Å². The number of anilines is 1. The van der Waals surface area contributed by atoms with Gasteiger partial charge in [0.2, 0.25) is 5.88 Å². The Morgan fingerprint density at radius 1 is 1.13 bits per heavy atom. The van der Waals surface area contributed by atoms with E-state index in [-0.39, 0.29) is 17.4 Å². The highest BCUT2D eigenvalue weighted by molar-refractivity contribution is 6.05. The number of fused-ring (bicyclic) bond motifs is 1. The van der Waals surface area contributed by atoms with Crippen LogP contribution in [0.4, 0.5) is 18.9 Å². The van der Waals surface area contributed by atoms with Gasteiger partial charge in [0.25, 0.3) is 5.91 Å². The number of H-pyrrole nitrogens is 2. The third-order valence-corrected chi connectivity index (χ3v) is 4.11. The molecule has 10 nitrogen and oxygen atoms in total. The van der Waals surface area contributed by atoms with Gasteiger partial charge in [-0.3, -0.25) is 4.79 Å². The number of carbonyl (C=O) groups excluding carboxylic acids is 1. The Balaban J connectivity index is 1.70. The number of hydrogen-bond acceptors (Lipinski definition) is 6. The Hall–Kier alpha value is -4.16. The first-order valence-electron chi connectivity index (χ1n) is 8.33. The van der Waals surface area contributed by atoms with Crippen LogP contribution in [0.15, 0.2) is 41.3 Å². The fraction of sp³-hybridized carbons (Fsp3) is 0.118. The van der Waals surface area contributed by atoms with Crippen molar-refractivity contribution < 1.29 is 22.7 Å². The number of halogens is 3. The number of carbonyl (C=O) groups is 1. The number of alkyl halides is 3. The maximum Gasteiger partial charge on any atom is 0.434 e. The topological polar surface area (TPSA) is 131 Å². The molecule has 3 N–H and O–H groups in total. The van der Waals surface area contributed by atoms with E-state index >= 15 is 0 Å². The van der Waals surface area contributed by atoms with E-state index in [0.717, 1.165) is 6.20 Å². The number of aromatic amines is 2. The van der Waals surface area contributed by atoms with Crippen LogP contribution in [0.1, 0.15) is 16.1 Å². The van der Waals surface area contributed by atoms with Gasteiger partial charge in [-0.1, -0.05) is 0 Å². The minimum absolute atomic E-state index is 0.107. The lowest BCUT2D eigenvalue weighted by Crippen LogP contribution is -2.21. The average Bonchev–Trinajstić information content (AvgIpc) is 3.30. The van der Waals surface area contributed by atoms with Crippen LogP contribution in [0.5, 0.6) is 5.88 Å². The second-order valence-corrected chi connectivity index (χ2v) is 6.04. The van der Waals surface area contributed by atoms with Crippen molar-refractivity contribution in [3.8, 4) is 11.7 Å². The van der Waals surface area contributed by atoms with E-state index in [1.54, 1.807) is 0 Å². The number of methoxy groups -OCH3 is 1. The SMILES string of the molecule is COc1ccc(-n2ncc(C(=O)Nc3ccc4[nH]c(=O)[nH]c4c3)c2C(F)(F)F)nn1. The van der Waals surface area contributed by atoms with Crippen molar-refractivity contribution in [3.63, 3.8) is 0 Å². The van der Waals surface area contributed by atoms with Crippen LogP contribution in [0.25, 0.3) is 16.9 Å². The van der Waals surface area contributed by atoms with Gasteiger partial charge in [-0.15, -0.1) is 10.2 Å². The molecule has 4 aromatic rings. The number of imidazole rings is 1. The van der Waals surface area contributed by atoms with Gasteiger partial charge in [-0.25, -0.2) is 9.48 Å². The number of aromatic nitrogens is 6. The predicted octanol–water partition coefficient (Wildman–Crippen LogP) is 2.11. The smallest absolute Gasteiger partial charge is 0.434 e. The molecule has 30 heavy (non-hydrogen) atoms. The zero-order valence-corrected chi connectivity index (χ0v) is 15.1. The van der Waals surface area contributed by atoms with E-state index < -0.39 is 29.0 Å². The lowest BCUT2D eigenvalue weighted by Gasteiger charge is -2.12. The van der Waals surface area contributed by atoms with Gasteiger partial charge in [0.1, 0.15) is 0 Å². The van der Waals surface area contributed by atoms with E-state index in [9.17, 15) is 22.8 Å². The summed E-state index contributed by atoms with van der Waals surface area (Å²) in [7, 11) is 1.33. The highest BCUT2D eigenvalue weighted by atomic mass is 19.4. The summed E-state index contributed by atoms with van der Waals surface area (Å²) in [5.41, 5.74) is -1.40. The Morgan fingerprint density at radius 2 is 1.90 bits per heavy atom. The largest absolute Gasteiger partial charge is 0.480 e. The Bertz CT molecular complexity index is 1290. The summed E-state index contributed by atoms with van der Waals surface area (Å²) in [5.74, 6) is -1.17. The van der Waals surface area contributed by atoms with Crippen molar-refractivity contribution in [3.05, 3.63) is 58.3 Å². The van der Waals surface area contributed by atoms with Crippen LogP contribution in [-0.4, -0.2) is 43.0 Å². The molecular formula is C17H12F3N7O3. The zero-order valence-electron chi connectivity index (χ0n) is 15.1. The Morgan fingerprint density at radius 3 is 2.57 bits per heavy atom. The highest BCUT2D eigenvalue weighted by Crippen LogP contribution is 2.33. The first kappa shape index (κ1) is 19.2. The summed E-state index contributed by atoms with van der Waals surface area (Å²) in [6, 6.07) is 6.90. The number of rotatable bonds is 4. The van der Waals surface area contributed by atoms with E-state index in [4.69, 9.17) is 4.74 Å². The molecule has 0 unspecified atom stereocenters. The average molecular weight is 419 g/mol. The first-order chi connectivity index (χ1) is 14.3. The molecule has 0 radical (unpaired) electrons. The molecule has 0 atom stereocenters. The van der Waals surface area contributed by atoms with Gasteiger partial charge in [0.05, 0.1) is 29.9 Å². The van der Waals surface area contributed by atoms with Gasteiger partial charge >= 0.3 is 11.9 Å². The summed E-state index contributed by atoms with van der Waals surface area (Å²) >= 11 is 0. The minimum Gasteiger partial charge on any atom is -0.480 e. The van der Waals surface area contributed by atoms with Gasteiger partial charge in [-0.05, 0) is 24.3 Å². The van der Waals surface area contributed by atoms with Crippen molar-refractivity contribution in [1.82, 2.24) is 29.9 Å². The number of benzene rings is 1. The van der Waals surface area contributed by atoms with Crippen LogP contribution in [0.2, 0.25) is 0 Å². The molecule has 0 bridgehead atoms. The van der Waals surface area contributed by atoms with E-state index in [0.29, 0.717) is 15.7 Å². The number of hydrogen-bond donors (Lipinski definition) is 3. The number of amides is 1. The quantitative estimate of drug-likeness (QED) is 0.464. The molecule has 1 aromatic carbocycles. The zero-order chi connectivity index (χ0) is 21.5. The lowest BCUT2D eigenvalue weighted by molar-refractivity contribution is -0.143. The summed E-state index contributed by atoms with van der Waals surface area (Å²) in [5, 5.41) is 13.3. The highest BCUT2D eigenvalue weighted by Gasteiger charge is 2.41. The molecule has 0 saturated carbocycles. The minimum atomic E-state index is -4.90. The molecule has 3 heterocycles. The molecule has 1 amide bonds. The van der Waals surface area contributed by atoms with E-state index in [1.165, 1.54) is 37.4 Å². The van der Waals surface area contributed by atoms with Crippen LogP contribution in [0.3, 0.4) is 0 Å². The van der Waals surface area contributed by atoms with Crippen molar-refractivity contribution in [1.29, 1.82) is 0 Å². The van der Waals surface area contributed by atoms with Gasteiger partial charge in [0, 0.05) is 11.8 Å². The molecular weight excluding hydrogens is 407 g/mol. The standard InChI is InChI=1S/C17H12F3N7O3/c1-30-13-5-4-12(25-26-13)27-14(17(18,19)20)9(7-21-27)15(28)22-8-2-3-10-11(6-8)24-16(29)23-10/h2-7H,1H3,(H,22,28)(H2,23,24,29). The summed E-state index contributed by atoms with van der Waals surface area (Å²) < 4.78 is 46.5. The summed E-state index contributed by atoms with van der Waals surface area (Å²) in [4.78, 5) is 28.9. The van der Waals surface area contributed by atoms with Gasteiger partial charge in [-0.2, -0.15) is 18.3 Å². The van der Waals surface area contributed by atoms with Crippen LogP contribution in [0, 0.1) is 0 Å². The fourth-order valence-corrected chi connectivity index (χ4v) is 2.80. The fourth-order valence-electron chi connectivity index (χ4n) is 2.80. The summed E-state index contributed by atoms with van der Waals surface area (Å²) in [6.07, 6.45) is -4.11. The number of nitrogens with one attached hydrogen (secondary N) is 3. The van der Waals surface area contributed by atoms with Crippen LogP contribution < -0.4 is 15.7 Å². The maximum atomic E-state index is 13.7. The van der Waals surface area contributed by atoms with Crippen LogP contribution >= 0.6 is 0 Å². The molecule has 4 rings (SSSR count).